The molecule has 3 rings (SSSR count). The largest absolute Gasteiger partial charge is 0.475 e. The summed E-state index contributed by atoms with van der Waals surface area (Å²) in [5.41, 5.74) is -0.157. The average molecular weight is 259 g/mol. The van der Waals surface area contributed by atoms with Gasteiger partial charge in [0.2, 0.25) is 11.5 Å². The van der Waals surface area contributed by atoms with Gasteiger partial charge in [-0.25, -0.2) is 4.99 Å². The standard InChI is InChI=1S/C15H17NO3/c1-14(2)10-18-13(16-14)15(9-8-12(17)19-15)11-6-4-3-5-7-11/h3-7H,8-10H2,1-2H3. The number of carbonyl (C=O) groups excluding carboxylic acids is 1. The first-order valence-corrected chi connectivity index (χ1v) is 6.52. The van der Waals surface area contributed by atoms with Crippen LogP contribution in [0.2, 0.25) is 0 Å². The van der Waals surface area contributed by atoms with Gasteiger partial charge in [-0.3, -0.25) is 4.79 Å². The normalized spacial score (nSPS) is 28.7. The number of esters is 1. The van der Waals surface area contributed by atoms with Gasteiger partial charge in [0, 0.05) is 12.0 Å². The molecule has 4 nitrogen and oxygen atoms in total. The Hall–Kier alpha value is -1.84. The molecule has 100 valence electrons. The summed E-state index contributed by atoms with van der Waals surface area (Å²) in [4.78, 5) is 16.2. The van der Waals surface area contributed by atoms with Crippen molar-refractivity contribution < 1.29 is 14.3 Å². The summed E-state index contributed by atoms with van der Waals surface area (Å²) >= 11 is 0. The molecule has 1 saturated heterocycles. The molecule has 4 heteroatoms. The molecule has 1 unspecified atom stereocenters. The van der Waals surface area contributed by atoms with Crippen LogP contribution in [0.5, 0.6) is 0 Å². The summed E-state index contributed by atoms with van der Waals surface area (Å²) in [6.07, 6.45) is 0.989. The molecule has 2 heterocycles. The van der Waals surface area contributed by atoms with E-state index in [4.69, 9.17) is 9.47 Å². The van der Waals surface area contributed by atoms with E-state index >= 15 is 0 Å². The molecule has 19 heavy (non-hydrogen) atoms. The van der Waals surface area contributed by atoms with Gasteiger partial charge in [-0.1, -0.05) is 30.3 Å². The van der Waals surface area contributed by atoms with Crippen molar-refractivity contribution in [1.82, 2.24) is 0 Å². The number of carbonyl (C=O) groups is 1. The first-order chi connectivity index (χ1) is 9.02. The summed E-state index contributed by atoms with van der Waals surface area (Å²) in [6, 6.07) is 9.72. The maximum Gasteiger partial charge on any atom is 0.307 e. The number of cyclic esters (lactones) is 1. The molecule has 1 fully saturated rings. The highest BCUT2D eigenvalue weighted by molar-refractivity contribution is 5.92. The van der Waals surface area contributed by atoms with Crippen molar-refractivity contribution in [3.8, 4) is 0 Å². The Morgan fingerprint density at radius 3 is 2.47 bits per heavy atom. The van der Waals surface area contributed by atoms with E-state index in [2.05, 4.69) is 4.99 Å². The molecule has 2 aliphatic rings. The van der Waals surface area contributed by atoms with Gasteiger partial charge in [0.15, 0.2) is 0 Å². The molecule has 1 aromatic carbocycles. The molecule has 1 atom stereocenters. The van der Waals surface area contributed by atoms with Gasteiger partial charge in [0.25, 0.3) is 0 Å². The van der Waals surface area contributed by atoms with E-state index < -0.39 is 5.60 Å². The Morgan fingerprint density at radius 2 is 1.95 bits per heavy atom. The predicted molar refractivity (Wildman–Crippen MR) is 70.9 cm³/mol. The molecule has 0 bridgehead atoms. The molecule has 0 aliphatic carbocycles. The van der Waals surface area contributed by atoms with Crippen LogP contribution >= 0.6 is 0 Å². The minimum atomic E-state index is -0.827. The topological polar surface area (TPSA) is 47.9 Å². The van der Waals surface area contributed by atoms with Crippen molar-refractivity contribution in [1.29, 1.82) is 0 Å². The van der Waals surface area contributed by atoms with Crippen LogP contribution in [0.3, 0.4) is 0 Å². The fraction of sp³-hybridized carbons (Fsp3) is 0.467. The number of aliphatic imine (C=N–C) groups is 1. The molecule has 1 aromatic rings. The number of ether oxygens (including phenoxy) is 2. The quantitative estimate of drug-likeness (QED) is 0.766. The maximum atomic E-state index is 11.6. The summed E-state index contributed by atoms with van der Waals surface area (Å²) in [5.74, 6) is 0.342. The zero-order chi connectivity index (χ0) is 13.5. The Morgan fingerprint density at radius 1 is 1.21 bits per heavy atom. The van der Waals surface area contributed by atoms with Crippen molar-refractivity contribution in [3.63, 3.8) is 0 Å². The van der Waals surface area contributed by atoms with Crippen LogP contribution in [0.4, 0.5) is 0 Å². The number of hydrogen-bond donors (Lipinski definition) is 0. The predicted octanol–water partition coefficient (Wildman–Crippen LogP) is 2.43. The van der Waals surface area contributed by atoms with Crippen molar-refractivity contribution in [2.45, 2.75) is 37.8 Å². The van der Waals surface area contributed by atoms with Crippen LogP contribution < -0.4 is 0 Å². The molecule has 0 saturated carbocycles. The molecular weight excluding hydrogens is 242 g/mol. The molecule has 0 spiro atoms. The van der Waals surface area contributed by atoms with Gasteiger partial charge in [0.05, 0.1) is 12.0 Å². The van der Waals surface area contributed by atoms with E-state index in [1.807, 2.05) is 44.2 Å². The van der Waals surface area contributed by atoms with Crippen LogP contribution in [0, 0.1) is 0 Å². The van der Waals surface area contributed by atoms with Crippen LogP contribution in [0.1, 0.15) is 32.3 Å². The molecule has 0 radical (unpaired) electrons. The third kappa shape index (κ3) is 2.01. The zero-order valence-corrected chi connectivity index (χ0v) is 11.2. The SMILES string of the molecule is CC1(C)COC(C2(c3ccccc3)CCC(=O)O2)=N1. The Labute approximate surface area is 112 Å². The lowest BCUT2D eigenvalue weighted by Gasteiger charge is -2.27. The molecule has 2 aliphatic heterocycles. The van der Waals surface area contributed by atoms with Crippen LogP contribution in [-0.4, -0.2) is 24.0 Å². The van der Waals surface area contributed by atoms with E-state index in [0.29, 0.717) is 25.3 Å². The fourth-order valence-electron chi connectivity index (χ4n) is 2.55. The lowest BCUT2D eigenvalue weighted by molar-refractivity contribution is -0.145. The third-order valence-corrected chi connectivity index (χ3v) is 3.52. The van der Waals surface area contributed by atoms with Crippen molar-refractivity contribution in [2.75, 3.05) is 6.61 Å². The fourth-order valence-corrected chi connectivity index (χ4v) is 2.55. The second-order valence-electron chi connectivity index (χ2n) is 5.69. The van der Waals surface area contributed by atoms with Crippen LogP contribution in [-0.2, 0) is 19.9 Å². The van der Waals surface area contributed by atoms with E-state index in [9.17, 15) is 4.79 Å². The number of hydrogen-bond acceptors (Lipinski definition) is 4. The van der Waals surface area contributed by atoms with Gasteiger partial charge < -0.3 is 9.47 Å². The Kier molecular flexibility index (Phi) is 2.62. The highest BCUT2D eigenvalue weighted by Gasteiger charge is 2.51. The van der Waals surface area contributed by atoms with E-state index in [1.165, 1.54) is 0 Å². The second-order valence-corrected chi connectivity index (χ2v) is 5.69. The van der Waals surface area contributed by atoms with Gasteiger partial charge in [-0.05, 0) is 13.8 Å². The van der Waals surface area contributed by atoms with Crippen molar-refractivity contribution >= 4 is 11.9 Å². The third-order valence-electron chi connectivity index (χ3n) is 3.52. The first-order valence-electron chi connectivity index (χ1n) is 6.52. The lowest BCUT2D eigenvalue weighted by Crippen LogP contribution is -2.36. The van der Waals surface area contributed by atoms with Crippen molar-refractivity contribution in [2.24, 2.45) is 4.99 Å². The van der Waals surface area contributed by atoms with Gasteiger partial charge in [-0.15, -0.1) is 0 Å². The van der Waals surface area contributed by atoms with E-state index in [-0.39, 0.29) is 11.5 Å². The van der Waals surface area contributed by atoms with Crippen LogP contribution in [0.25, 0.3) is 0 Å². The summed E-state index contributed by atoms with van der Waals surface area (Å²) < 4.78 is 11.3. The minimum Gasteiger partial charge on any atom is -0.475 e. The van der Waals surface area contributed by atoms with Gasteiger partial charge in [0.1, 0.15) is 6.61 Å². The smallest absolute Gasteiger partial charge is 0.307 e. The monoisotopic (exact) mass is 259 g/mol. The van der Waals surface area contributed by atoms with Gasteiger partial charge >= 0.3 is 5.97 Å². The summed E-state index contributed by atoms with van der Waals surface area (Å²) in [6.45, 7) is 4.54. The highest BCUT2D eigenvalue weighted by Crippen LogP contribution is 2.41. The molecule has 0 amide bonds. The summed E-state index contributed by atoms with van der Waals surface area (Å²) in [5, 5.41) is 0. The highest BCUT2D eigenvalue weighted by atomic mass is 16.6. The minimum absolute atomic E-state index is 0.195. The van der Waals surface area contributed by atoms with Crippen molar-refractivity contribution in [3.05, 3.63) is 35.9 Å². The average Bonchev–Trinajstić information content (AvgIpc) is 2.95. The maximum absolute atomic E-state index is 11.6. The Bertz CT molecular complexity index is 536. The lowest BCUT2D eigenvalue weighted by atomic mass is 9.90. The molecule has 0 aromatic heterocycles. The summed E-state index contributed by atoms with van der Waals surface area (Å²) in [7, 11) is 0. The second kappa shape index (κ2) is 4.08. The van der Waals surface area contributed by atoms with E-state index in [1.54, 1.807) is 0 Å². The number of benzene rings is 1. The Balaban J connectivity index is 2.07. The first kappa shape index (κ1) is 12.2. The van der Waals surface area contributed by atoms with Crippen LogP contribution in [0.15, 0.2) is 35.3 Å². The van der Waals surface area contributed by atoms with Gasteiger partial charge in [-0.2, -0.15) is 0 Å². The number of rotatable bonds is 2. The zero-order valence-electron chi connectivity index (χ0n) is 11.2. The van der Waals surface area contributed by atoms with E-state index in [0.717, 1.165) is 5.56 Å². The number of nitrogens with zero attached hydrogens (tertiary/aromatic N) is 1. The molecular formula is C15H17NO3. The molecule has 0 N–H and O–H groups in total.